The van der Waals surface area contributed by atoms with Gasteiger partial charge in [-0.05, 0) is 29.8 Å². The normalized spacial score (nSPS) is 11.6. The van der Waals surface area contributed by atoms with Crippen molar-refractivity contribution >= 4 is 5.69 Å². The summed E-state index contributed by atoms with van der Waals surface area (Å²) in [6.07, 6.45) is -3.43. The van der Waals surface area contributed by atoms with Gasteiger partial charge in [-0.25, -0.2) is 4.98 Å². The summed E-state index contributed by atoms with van der Waals surface area (Å²) in [6, 6.07) is 5.81. The van der Waals surface area contributed by atoms with E-state index in [2.05, 4.69) is 4.98 Å². The Morgan fingerprint density at radius 2 is 1.78 bits per heavy atom. The molecule has 18 heavy (non-hydrogen) atoms. The van der Waals surface area contributed by atoms with E-state index in [0.717, 1.165) is 12.1 Å². The van der Waals surface area contributed by atoms with Gasteiger partial charge in [-0.2, -0.15) is 17.6 Å². The zero-order valence-corrected chi connectivity index (χ0v) is 9.00. The van der Waals surface area contributed by atoms with Gasteiger partial charge >= 0.3 is 6.18 Å². The second-order valence-electron chi connectivity index (χ2n) is 3.64. The van der Waals surface area contributed by atoms with Crippen molar-refractivity contribution in [2.75, 3.05) is 5.73 Å². The number of hydrogen-bond acceptors (Lipinski definition) is 2. The van der Waals surface area contributed by atoms with E-state index in [9.17, 15) is 17.6 Å². The van der Waals surface area contributed by atoms with Gasteiger partial charge in [0.05, 0.1) is 5.56 Å². The molecule has 2 aromatic rings. The average molecular weight is 256 g/mol. The summed E-state index contributed by atoms with van der Waals surface area (Å²) < 4.78 is 52.0. The van der Waals surface area contributed by atoms with Gasteiger partial charge in [-0.3, -0.25) is 0 Å². The molecule has 0 aliphatic heterocycles. The Balaban J connectivity index is 2.69. The minimum absolute atomic E-state index is 0.0321. The molecule has 2 rings (SSSR count). The Labute approximate surface area is 100 Å². The lowest BCUT2D eigenvalue weighted by Crippen LogP contribution is -2.08. The van der Waals surface area contributed by atoms with E-state index in [1.165, 1.54) is 24.4 Å². The lowest BCUT2D eigenvalue weighted by atomic mass is 10.00. The van der Waals surface area contributed by atoms with Crippen LogP contribution >= 0.6 is 0 Å². The van der Waals surface area contributed by atoms with Crippen LogP contribution in [-0.2, 0) is 6.18 Å². The van der Waals surface area contributed by atoms with Gasteiger partial charge in [0.15, 0.2) is 0 Å². The standard InChI is InChI=1S/C12H8F4N2/c13-11-9(2-1-5-18-11)8-4-3-7(17)6-10(8)12(14,15)16/h1-6H,17H2. The van der Waals surface area contributed by atoms with Crippen LogP contribution in [0, 0.1) is 5.95 Å². The van der Waals surface area contributed by atoms with Gasteiger partial charge in [0.2, 0.25) is 5.95 Å². The number of anilines is 1. The van der Waals surface area contributed by atoms with Gasteiger partial charge in [-0.15, -0.1) is 0 Å². The van der Waals surface area contributed by atoms with Crippen molar-refractivity contribution in [2.24, 2.45) is 0 Å². The molecule has 0 unspecified atom stereocenters. The molecule has 0 bridgehead atoms. The minimum Gasteiger partial charge on any atom is -0.399 e. The Morgan fingerprint density at radius 3 is 2.39 bits per heavy atom. The van der Waals surface area contributed by atoms with Crippen LogP contribution in [0.5, 0.6) is 0 Å². The van der Waals surface area contributed by atoms with Gasteiger partial charge in [0.25, 0.3) is 0 Å². The lowest BCUT2D eigenvalue weighted by Gasteiger charge is -2.13. The molecule has 6 heteroatoms. The molecule has 2 nitrogen and oxygen atoms in total. The number of benzene rings is 1. The molecule has 0 atom stereocenters. The summed E-state index contributed by atoms with van der Waals surface area (Å²) in [5, 5.41) is 0. The Kier molecular flexibility index (Phi) is 2.94. The van der Waals surface area contributed by atoms with Crippen molar-refractivity contribution in [1.82, 2.24) is 4.98 Å². The van der Waals surface area contributed by atoms with E-state index in [4.69, 9.17) is 5.73 Å². The molecule has 1 aromatic carbocycles. The molecule has 0 spiro atoms. The SMILES string of the molecule is Nc1ccc(-c2cccnc2F)c(C(F)(F)F)c1. The fraction of sp³-hybridized carbons (Fsp3) is 0.0833. The Bertz CT molecular complexity index is 579. The van der Waals surface area contributed by atoms with Crippen LogP contribution in [0.4, 0.5) is 23.2 Å². The van der Waals surface area contributed by atoms with Gasteiger partial charge in [-0.1, -0.05) is 6.07 Å². The number of hydrogen-bond donors (Lipinski definition) is 1. The highest BCUT2D eigenvalue weighted by Crippen LogP contribution is 2.38. The third-order valence-electron chi connectivity index (χ3n) is 2.40. The number of nitrogens with two attached hydrogens (primary N) is 1. The monoisotopic (exact) mass is 256 g/mol. The summed E-state index contributed by atoms with van der Waals surface area (Å²) >= 11 is 0. The minimum atomic E-state index is -4.60. The van der Waals surface area contributed by atoms with Gasteiger partial charge < -0.3 is 5.73 Å². The van der Waals surface area contributed by atoms with Crippen molar-refractivity contribution in [1.29, 1.82) is 0 Å². The van der Waals surface area contributed by atoms with Crippen molar-refractivity contribution in [3.05, 3.63) is 48.0 Å². The van der Waals surface area contributed by atoms with Gasteiger partial charge in [0.1, 0.15) is 0 Å². The largest absolute Gasteiger partial charge is 0.417 e. The molecule has 0 saturated heterocycles. The van der Waals surface area contributed by atoms with Crippen LogP contribution in [0.1, 0.15) is 5.56 Å². The zero-order chi connectivity index (χ0) is 13.3. The Morgan fingerprint density at radius 1 is 1.06 bits per heavy atom. The summed E-state index contributed by atoms with van der Waals surface area (Å²) in [5.74, 6) is -0.951. The second-order valence-corrected chi connectivity index (χ2v) is 3.64. The Hall–Kier alpha value is -2.11. The van der Waals surface area contributed by atoms with E-state index in [0.29, 0.717) is 0 Å². The lowest BCUT2D eigenvalue weighted by molar-refractivity contribution is -0.137. The molecule has 1 aromatic heterocycles. The van der Waals surface area contributed by atoms with Gasteiger partial charge in [0, 0.05) is 17.4 Å². The molecule has 1 heterocycles. The number of nitrogen functional groups attached to an aromatic ring is 1. The highest BCUT2D eigenvalue weighted by atomic mass is 19.4. The molecular weight excluding hydrogens is 248 g/mol. The molecule has 0 aliphatic carbocycles. The highest BCUT2D eigenvalue weighted by molar-refractivity contribution is 5.70. The summed E-state index contributed by atoms with van der Waals surface area (Å²) in [6.45, 7) is 0. The van der Waals surface area contributed by atoms with Crippen LogP contribution in [0.25, 0.3) is 11.1 Å². The molecule has 2 N–H and O–H groups in total. The zero-order valence-electron chi connectivity index (χ0n) is 9.00. The van der Waals surface area contributed by atoms with Crippen molar-refractivity contribution < 1.29 is 17.6 Å². The van der Waals surface area contributed by atoms with E-state index in [-0.39, 0.29) is 16.8 Å². The van der Waals surface area contributed by atoms with E-state index >= 15 is 0 Å². The maximum Gasteiger partial charge on any atom is 0.417 e. The van der Waals surface area contributed by atoms with Crippen molar-refractivity contribution in [3.8, 4) is 11.1 Å². The smallest absolute Gasteiger partial charge is 0.399 e. The highest BCUT2D eigenvalue weighted by Gasteiger charge is 2.34. The van der Waals surface area contributed by atoms with E-state index in [1.54, 1.807) is 0 Å². The predicted octanol–water partition coefficient (Wildman–Crippen LogP) is 3.49. The van der Waals surface area contributed by atoms with Crippen molar-refractivity contribution in [2.45, 2.75) is 6.18 Å². The second kappa shape index (κ2) is 4.29. The molecule has 0 saturated carbocycles. The van der Waals surface area contributed by atoms with E-state index in [1.807, 2.05) is 0 Å². The van der Waals surface area contributed by atoms with Crippen LogP contribution in [0.3, 0.4) is 0 Å². The van der Waals surface area contributed by atoms with Crippen LogP contribution in [-0.4, -0.2) is 4.98 Å². The summed E-state index contributed by atoms with van der Waals surface area (Å²) in [5.41, 5.74) is 3.84. The third-order valence-corrected chi connectivity index (χ3v) is 2.40. The molecular formula is C12H8F4N2. The maximum absolute atomic E-state index is 13.4. The first-order valence-electron chi connectivity index (χ1n) is 4.97. The molecule has 94 valence electrons. The van der Waals surface area contributed by atoms with Crippen LogP contribution < -0.4 is 5.73 Å². The number of halogens is 4. The average Bonchev–Trinajstić information content (AvgIpc) is 2.29. The first-order valence-corrected chi connectivity index (χ1v) is 4.97. The van der Waals surface area contributed by atoms with Crippen LogP contribution in [0.2, 0.25) is 0 Å². The number of aromatic nitrogens is 1. The molecule has 0 radical (unpaired) electrons. The number of nitrogens with zero attached hydrogens (tertiary/aromatic N) is 1. The number of pyridine rings is 1. The number of rotatable bonds is 1. The maximum atomic E-state index is 13.4. The fourth-order valence-electron chi connectivity index (χ4n) is 1.62. The summed E-state index contributed by atoms with van der Waals surface area (Å²) in [7, 11) is 0. The van der Waals surface area contributed by atoms with Crippen LogP contribution in [0.15, 0.2) is 36.5 Å². The predicted molar refractivity (Wildman–Crippen MR) is 59.0 cm³/mol. The van der Waals surface area contributed by atoms with Crippen molar-refractivity contribution in [3.63, 3.8) is 0 Å². The first kappa shape index (κ1) is 12.3. The molecule has 0 aliphatic rings. The fourth-order valence-corrected chi connectivity index (χ4v) is 1.62. The number of alkyl halides is 3. The molecule has 0 amide bonds. The third kappa shape index (κ3) is 2.27. The topological polar surface area (TPSA) is 38.9 Å². The molecule has 0 fully saturated rings. The van der Waals surface area contributed by atoms with E-state index < -0.39 is 17.7 Å². The quantitative estimate of drug-likeness (QED) is 0.482. The summed E-state index contributed by atoms with van der Waals surface area (Å²) in [4.78, 5) is 3.34. The first-order chi connectivity index (χ1) is 8.39.